The Kier molecular flexibility index (Phi) is 6.50. The van der Waals surface area contributed by atoms with Gasteiger partial charge in [0.2, 0.25) is 0 Å². The van der Waals surface area contributed by atoms with Crippen molar-refractivity contribution in [3.8, 4) is 0 Å². The summed E-state index contributed by atoms with van der Waals surface area (Å²) in [5.74, 6) is 0.718. The van der Waals surface area contributed by atoms with Crippen LogP contribution < -0.4 is 0 Å². The number of hydrogen-bond acceptors (Lipinski definition) is 1. The molecule has 1 heteroatoms. The van der Waals surface area contributed by atoms with Gasteiger partial charge in [-0.15, -0.1) is 0 Å². The van der Waals surface area contributed by atoms with E-state index >= 15 is 0 Å². The summed E-state index contributed by atoms with van der Waals surface area (Å²) in [7, 11) is 0. The number of allylic oxidation sites excluding steroid dienone is 1. The average molecular weight is 286 g/mol. The van der Waals surface area contributed by atoms with Crippen molar-refractivity contribution in [2.75, 3.05) is 0 Å². The third-order valence-corrected chi connectivity index (χ3v) is 4.99. The molecule has 0 saturated carbocycles. The lowest BCUT2D eigenvalue weighted by molar-refractivity contribution is 0.144. The fourth-order valence-electron chi connectivity index (χ4n) is 3.47. The Hall–Kier alpha value is -1.08. The van der Waals surface area contributed by atoms with Crippen LogP contribution >= 0.6 is 0 Å². The van der Waals surface area contributed by atoms with Gasteiger partial charge in [0.05, 0.1) is 6.10 Å². The van der Waals surface area contributed by atoms with E-state index in [2.05, 4.69) is 50.3 Å². The van der Waals surface area contributed by atoms with Gasteiger partial charge in [-0.05, 0) is 42.7 Å². The van der Waals surface area contributed by atoms with Gasteiger partial charge in [0.15, 0.2) is 0 Å². The Bertz CT molecular complexity index is 434. The summed E-state index contributed by atoms with van der Waals surface area (Å²) in [4.78, 5) is 0. The average Bonchev–Trinajstić information content (AvgIpc) is 2.48. The highest BCUT2D eigenvalue weighted by molar-refractivity contribution is 5.26. The molecule has 0 aromatic heterocycles. The van der Waals surface area contributed by atoms with Crippen LogP contribution in [0.25, 0.3) is 0 Å². The van der Waals surface area contributed by atoms with Crippen molar-refractivity contribution in [1.29, 1.82) is 0 Å². The fraction of sp³-hybridized carbons (Fsp3) is 0.600. The molecule has 0 fully saturated rings. The summed E-state index contributed by atoms with van der Waals surface area (Å²) in [6.07, 6.45) is 10.5. The van der Waals surface area contributed by atoms with E-state index in [1.807, 2.05) is 0 Å². The predicted molar refractivity (Wildman–Crippen MR) is 90.4 cm³/mol. The normalized spacial score (nSPS) is 23.3. The second kappa shape index (κ2) is 8.38. The molecule has 0 aliphatic heterocycles. The molecule has 1 N–H and O–H groups in total. The summed E-state index contributed by atoms with van der Waals surface area (Å²) in [6, 6.07) is 10.6. The maximum absolute atomic E-state index is 11.0. The minimum absolute atomic E-state index is 0.224. The van der Waals surface area contributed by atoms with Gasteiger partial charge in [-0.1, -0.05) is 69.5 Å². The van der Waals surface area contributed by atoms with Crippen LogP contribution in [-0.2, 0) is 0 Å². The molecule has 1 aliphatic carbocycles. The van der Waals surface area contributed by atoms with Crippen molar-refractivity contribution in [2.45, 2.75) is 70.8 Å². The molecular weight excluding hydrogens is 256 g/mol. The first-order valence-electron chi connectivity index (χ1n) is 8.66. The zero-order chi connectivity index (χ0) is 15.1. The number of benzene rings is 1. The van der Waals surface area contributed by atoms with Gasteiger partial charge < -0.3 is 5.11 Å². The molecule has 0 radical (unpaired) electrons. The summed E-state index contributed by atoms with van der Waals surface area (Å²) < 4.78 is 0. The van der Waals surface area contributed by atoms with Crippen LogP contribution in [0.4, 0.5) is 0 Å². The highest BCUT2D eigenvalue weighted by atomic mass is 16.3. The van der Waals surface area contributed by atoms with Crippen LogP contribution in [0.1, 0.15) is 70.3 Å². The van der Waals surface area contributed by atoms with Crippen molar-refractivity contribution in [3.63, 3.8) is 0 Å². The maximum Gasteiger partial charge on any atom is 0.0821 e. The lowest BCUT2D eigenvalue weighted by Crippen LogP contribution is -2.26. The van der Waals surface area contributed by atoms with Gasteiger partial charge in [0.25, 0.3) is 0 Å². The smallest absolute Gasteiger partial charge is 0.0821 e. The summed E-state index contributed by atoms with van der Waals surface area (Å²) in [6.45, 7) is 4.49. The molecule has 3 atom stereocenters. The predicted octanol–water partition coefficient (Wildman–Crippen LogP) is 5.46. The molecule has 0 heterocycles. The van der Waals surface area contributed by atoms with Gasteiger partial charge in [0, 0.05) is 5.92 Å². The Morgan fingerprint density at radius 1 is 1.05 bits per heavy atom. The van der Waals surface area contributed by atoms with E-state index in [1.54, 1.807) is 0 Å². The summed E-state index contributed by atoms with van der Waals surface area (Å²) in [5.41, 5.74) is 2.56. The molecule has 1 nitrogen and oxygen atoms in total. The lowest BCUT2D eigenvalue weighted by Gasteiger charge is -2.31. The van der Waals surface area contributed by atoms with E-state index in [1.165, 1.54) is 36.8 Å². The number of rotatable bonds is 5. The first-order valence-corrected chi connectivity index (χ1v) is 8.66. The Balaban J connectivity index is 2.23. The first-order chi connectivity index (χ1) is 10.2. The molecule has 0 spiro atoms. The third kappa shape index (κ3) is 4.44. The maximum atomic E-state index is 11.0. The van der Waals surface area contributed by atoms with E-state index in [9.17, 15) is 5.11 Å². The molecular formula is C20H30O. The third-order valence-electron chi connectivity index (χ3n) is 4.99. The number of hydrogen-bond donors (Lipinski definition) is 1. The van der Waals surface area contributed by atoms with Crippen molar-refractivity contribution in [2.24, 2.45) is 5.92 Å². The number of aliphatic hydroxyl groups excluding tert-OH is 1. The standard InChI is InChI=1S/C20H30O/c1-3-16(2)19(17-12-10-7-11-13-17)20(21)18-14-8-5-4-6-9-15-18/h7,10-14,16,19-21H,3-6,8-9,15H2,1-2H3/b18-14+. The van der Waals surface area contributed by atoms with Crippen molar-refractivity contribution in [1.82, 2.24) is 0 Å². The van der Waals surface area contributed by atoms with Crippen LogP contribution in [0.5, 0.6) is 0 Å². The van der Waals surface area contributed by atoms with E-state index in [0.29, 0.717) is 5.92 Å². The van der Waals surface area contributed by atoms with E-state index < -0.39 is 0 Å². The van der Waals surface area contributed by atoms with Crippen LogP contribution in [0, 0.1) is 5.92 Å². The molecule has 1 aromatic rings. The van der Waals surface area contributed by atoms with E-state index in [0.717, 1.165) is 19.3 Å². The number of aliphatic hydroxyl groups is 1. The Labute approximate surface area is 130 Å². The Morgan fingerprint density at radius 3 is 2.48 bits per heavy atom. The molecule has 21 heavy (non-hydrogen) atoms. The molecule has 3 unspecified atom stereocenters. The summed E-state index contributed by atoms with van der Waals surface area (Å²) >= 11 is 0. The molecule has 2 rings (SSSR count). The highest BCUT2D eigenvalue weighted by Crippen LogP contribution is 2.35. The second-order valence-corrected chi connectivity index (χ2v) is 6.50. The molecule has 1 aliphatic rings. The van der Waals surface area contributed by atoms with Crippen LogP contribution in [0.3, 0.4) is 0 Å². The molecule has 0 saturated heterocycles. The minimum atomic E-state index is -0.319. The van der Waals surface area contributed by atoms with Crippen LogP contribution in [0.15, 0.2) is 42.0 Å². The molecule has 116 valence electrons. The van der Waals surface area contributed by atoms with Crippen molar-refractivity contribution < 1.29 is 5.11 Å². The molecule has 0 bridgehead atoms. The van der Waals surface area contributed by atoms with Gasteiger partial charge >= 0.3 is 0 Å². The first kappa shape index (κ1) is 16.3. The van der Waals surface area contributed by atoms with Crippen LogP contribution in [0.2, 0.25) is 0 Å². The Morgan fingerprint density at radius 2 is 1.76 bits per heavy atom. The van der Waals surface area contributed by atoms with Gasteiger partial charge in [0.1, 0.15) is 0 Å². The van der Waals surface area contributed by atoms with Crippen LogP contribution in [-0.4, -0.2) is 11.2 Å². The quantitative estimate of drug-likeness (QED) is 0.713. The van der Waals surface area contributed by atoms with Gasteiger partial charge in [-0.25, -0.2) is 0 Å². The van der Waals surface area contributed by atoms with E-state index in [4.69, 9.17) is 0 Å². The zero-order valence-electron chi connectivity index (χ0n) is 13.6. The van der Waals surface area contributed by atoms with Gasteiger partial charge in [-0.3, -0.25) is 0 Å². The monoisotopic (exact) mass is 286 g/mol. The van der Waals surface area contributed by atoms with Crippen molar-refractivity contribution >= 4 is 0 Å². The van der Waals surface area contributed by atoms with E-state index in [-0.39, 0.29) is 12.0 Å². The SMILES string of the molecule is CCC(C)C(c1ccccc1)C(O)/C1=C/CCCCCC1. The topological polar surface area (TPSA) is 20.2 Å². The highest BCUT2D eigenvalue weighted by Gasteiger charge is 2.28. The van der Waals surface area contributed by atoms with Gasteiger partial charge in [-0.2, -0.15) is 0 Å². The molecule has 1 aromatic carbocycles. The zero-order valence-corrected chi connectivity index (χ0v) is 13.6. The lowest BCUT2D eigenvalue weighted by atomic mass is 9.77. The van der Waals surface area contributed by atoms with Crippen molar-refractivity contribution in [3.05, 3.63) is 47.5 Å². The molecule has 0 amide bonds. The second-order valence-electron chi connectivity index (χ2n) is 6.50. The fourth-order valence-corrected chi connectivity index (χ4v) is 3.47. The minimum Gasteiger partial charge on any atom is -0.388 e. The largest absolute Gasteiger partial charge is 0.388 e. The summed E-state index contributed by atoms with van der Waals surface area (Å²) in [5, 5.41) is 11.0.